The first kappa shape index (κ1) is 42.1. The predicted octanol–water partition coefficient (Wildman–Crippen LogP) is 0.299. The second-order valence-corrected chi connectivity index (χ2v) is 14.4. The number of fused-ring (bicyclic) bond motifs is 1. The molecule has 0 aliphatic carbocycles. The van der Waals surface area contributed by atoms with Crippen LogP contribution in [0, 0.1) is 5.92 Å². The molecule has 1 fully saturated rings. The number of nitrogens with one attached hydrogen (secondary N) is 6. The highest BCUT2D eigenvalue weighted by molar-refractivity contribution is 5.97. The molecule has 1 aliphatic rings. The van der Waals surface area contributed by atoms with Gasteiger partial charge in [-0.3, -0.25) is 24.0 Å². The first-order chi connectivity index (χ1) is 27.4. The van der Waals surface area contributed by atoms with Crippen LogP contribution >= 0.6 is 0 Å². The van der Waals surface area contributed by atoms with E-state index in [4.69, 9.17) is 5.73 Å². The van der Waals surface area contributed by atoms with Gasteiger partial charge in [-0.2, -0.15) is 0 Å². The van der Waals surface area contributed by atoms with Crippen molar-refractivity contribution in [1.82, 2.24) is 41.1 Å². The summed E-state index contributed by atoms with van der Waals surface area (Å²) in [6.45, 7) is 3.15. The number of hydrogen-bond acceptors (Lipinski definition) is 9. The fourth-order valence-corrected chi connectivity index (χ4v) is 6.95. The van der Waals surface area contributed by atoms with Gasteiger partial charge in [0.2, 0.25) is 29.5 Å². The Balaban J connectivity index is 1.35. The number of aliphatic carboxylic acids is 1. The first-order valence-electron chi connectivity index (χ1n) is 19.1. The summed E-state index contributed by atoms with van der Waals surface area (Å²) in [4.78, 5) is 92.7. The minimum absolute atomic E-state index is 0.0271. The molecule has 1 aliphatic heterocycles. The molecule has 0 bridgehead atoms. The third-order valence-electron chi connectivity index (χ3n) is 10.4. The number of aliphatic hydroxyl groups is 1. The maximum absolute atomic E-state index is 14.3. The number of carboxylic acid groups (broad SMARTS) is 1. The van der Waals surface area contributed by atoms with Gasteiger partial charge in [-0.1, -0.05) is 68.8 Å². The number of aliphatic hydroxyl groups excluding tert-OH is 1. The molecular weight excluding hydrogens is 734 g/mol. The zero-order valence-corrected chi connectivity index (χ0v) is 31.9. The molecule has 17 heteroatoms. The van der Waals surface area contributed by atoms with E-state index < -0.39 is 84.3 Å². The number of likely N-dealkylation sites (tertiary alicyclic amines) is 1. The molecule has 5 amide bonds. The van der Waals surface area contributed by atoms with Crippen molar-refractivity contribution in [2.75, 3.05) is 13.2 Å². The Labute approximate surface area is 329 Å². The standard InChI is InChI=1S/C40H51N9O8/c1-3-23(2)34(48-36(52)30(45-35(51)28(41)21-50)17-25-19-43-29-13-8-7-12-27(25)29)38(54)46-31(18-26-20-42-22-44-26)39(55)49-15-9-14-33(49)37(53)47-32(40(56)57)16-24-10-5-4-6-11-24/h4-8,10-13,19-20,22-23,28,30-34,43,50H,3,9,14-18,21,41H2,1-2H3,(H,42,44)(H,45,51)(H,46,54)(H,47,53)(H,48,52)(H,56,57)/t23-,28-,30-,31-,32-,33-,34-/m0/s1. The van der Waals surface area contributed by atoms with Crippen LogP contribution in [0.2, 0.25) is 0 Å². The fraction of sp³-hybridized carbons (Fsp3) is 0.425. The van der Waals surface area contributed by atoms with E-state index in [0.717, 1.165) is 22.0 Å². The Morgan fingerprint density at radius 1 is 0.877 bits per heavy atom. The van der Waals surface area contributed by atoms with Crippen molar-refractivity contribution in [3.63, 3.8) is 0 Å². The zero-order valence-electron chi connectivity index (χ0n) is 31.9. The summed E-state index contributed by atoms with van der Waals surface area (Å²) in [5, 5.41) is 31.1. The van der Waals surface area contributed by atoms with E-state index in [2.05, 4.69) is 36.2 Å². The van der Waals surface area contributed by atoms with Crippen molar-refractivity contribution < 1.29 is 39.0 Å². The number of para-hydroxylation sites is 1. The van der Waals surface area contributed by atoms with Gasteiger partial charge in [-0.25, -0.2) is 9.78 Å². The minimum atomic E-state index is -1.29. The van der Waals surface area contributed by atoms with Crippen molar-refractivity contribution >= 4 is 46.4 Å². The third-order valence-corrected chi connectivity index (χ3v) is 10.4. The smallest absolute Gasteiger partial charge is 0.326 e. The number of carbonyl (C=O) groups excluding carboxylic acids is 5. The molecule has 3 heterocycles. The normalized spacial score (nSPS) is 17.1. The van der Waals surface area contributed by atoms with Crippen LogP contribution in [0.1, 0.15) is 49.9 Å². The van der Waals surface area contributed by atoms with E-state index in [0.29, 0.717) is 18.5 Å². The molecular formula is C40H51N9O8. The summed E-state index contributed by atoms with van der Waals surface area (Å²) in [6.07, 6.45) is 5.92. The topological polar surface area (TPSA) is 265 Å². The quantitative estimate of drug-likeness (QED) is 0.0628. The molecule has 7 atom stereocenters. The van der Waals surface area contributed by atoms with Crippen molar-refractivity contribution in [2.45, 2.75) is 88.6 Å². The highest BCUT2D eigenvalue weighted by Crippen LogP contribution is 2.22. The fourth-order valence-electron chi connectivity index (χ4n) is 6.95. The molecule has 10 N–H and O–H groups in total. The van der Waals surface area contributed by atoms with Crippen LogP contribution in [-0.4, -0.2) is 115 Å². The van der Waals surface area contributed by atoms with Crippen LogP contribution in [0.5, 0.6) is 0 Å². The van der Waals surface area contributed by atoms with Crippen LogP contribution in [0.4, 0.5) is 0 Å². The lowest BCUT2D eigenvalue weighted by molar-refractivity contribution is -0.145. The van der Waals surface area contributed by atoms with Crippen LogP contribution in [-0.2, 0) is 48.0 Å². The SMILES string of the molecule is CC[C@H](C)[C@H](NC(=O)[C@H](Cc1c[nH]c2ccccc12)NC(=O)[C@@H](N)CO)C(=O)N[C@@H](Cc1cnc[nH]1)C(=O)N1CCC[C@H]1C(=O)N[C@@H](Cc1ccccc1)C(=O)O. The number of aromatic nitrogens is 3. The van der Waals surface area contributed by atoms with Crippen LogP contribution in [0.15, 0.2) is 73.3 Å². The number of hydrogen-bond donors (Lipinski definition) is 9. The van der Waals surface area contributed by atoms with E-state index in [1.807, 2.05) is 31.2 Å². The minimum Gasteiger partial charge on any atom is -0.480 e. The van der Waals surface area contributed by atoms with Crippen molar-refractivity contribution in [3.05, 3.63) is 90.1 Å². The average molecular weight is 786 g/mol. The number of aromatic amines is 2. The number of imidazole rings is 1. The van der Waals surface area contributed by atoms with Crippen molar-refractivity contribution in [3.8, 4) is 0 Å². The van der Waals surface area contributed by atoms with E-state index in [9.17, 15) is 39.0 Å². The molecule has 5 rings (SSSR count). The molecule has 0 unspecified atom stereocenters. The molecule has 1 saturated heterocycles. The Kier molecular flexibility index (Phi) is 14.5. The summed E-state index contributed by atoms with van der Waals surface area (Å²) in [7, 11) is 0. The lowest BCUT2D eigenvalue weighted by Gasteiger charge is -2.31. The summed E-state index contributed by atoms with van der Waals surface area (Å²) >= 11 is 0. The van der Waals surface area contributed by atoms with Crippen molar-refractivity contribution in [2.24, 2.45) is 11.7 Å². The van der Waals surface area contributed by atoms with Gasteiger partial charge < -0.3 is 52.1 Å². The maximum Gasteiger partial charge on any atom is 0.326 e. The van der Waals surface area contributed by atoms with Gasteiger partial charge >= 0.3 is 5.97 Å². The summed E-state index contributed by atoms with van der Waals surface area (Å²) in [5.74, 6) is -4.96. The number of carbonyl (C=O) groups is 6. The van der Waals surface area contributed by atoms with E-state index in [1.165, 1.54) is 17.4 Å². The highest BCUT2D eigenvalue weighted by Gasteiger charge is 2.40. The van der Waals surface area contributed by atoms with Crippen LogP contribution in [0.3, 0.4) is 0 Å². The van der Waals surface area contributed by atoms with Gasteiger partial charge in [0, 0.05) is 54.8 Å². The Morgan fingerprint density at radius 3 is 2.28 bits per heavy atom. The van der Waals surface area contributed by atoms with Gasteiger partial charge in [-0.05, 0) is 36.0 Å². The summed E-state index contributed by atoms with van der Waals surface area (Å²) in [5.41, 5.74) is 8.56. The number of benzene rings is 2. The van der Waals surface area contributed by atoms with Crippen LogP contribution in [0.25, 0.3) is 10.9 Å². The van der Waals surface area contributed by atoms with E-state index >= 15 is 0 Å². The van der Waals surface area contributed by atoms with Gasteiger partial charge in [0.25, 0.3) is 0 Å². The number of nitrogens with two attached hydrogens (primary N) is 1. The predicted molar refractivity (Wildman–Crippen MR) is 209 cm³/mol. The highest BCUT2D eigenvalue weighted by atomic mass is 16.4. The van der Waals surface area contributed by atoms with Crippen molar-refractivity contribution in [1.29, 1.82) is 0 Å². The molecule has 0 spiro atoms. The summed E-state index contributed by atoms with van der Waals surface area (Å²) < 4.78 is 0. The molecule has 4 aromatic rings. The average Bonchev–Trinajstić information content (AvgIpc) is 4.01. The lowest BCUT2D eigenvalue weighted by Crippen LogP contribution is -2.61. The molecule has 2 aromatic heterocycles. The van der Waals surface area contributed by atoms with E-state index in [1.54, 1.807) is 43.5 Å². The Morgan fingerprint density at radius 2 is 1.60 bits per heavy atom. The molecule has 57 heavy (non-hydrogen) atoms. The number of amides is 5. The largest absolute Gasteiger partial charge is 0.480 e. The van der Waals surface area contributed by atoms with Gasteiger partial charge in [0.15, 0.2) is 0 Å². The van der Waals surface area contributed by atoms with E-state index in [-0.39, 0.29) is 32.2 Å². The molecule has 17 nitrogen and oxygen atoms in total. The molecule has 304 valence electrons. The summed E-state index contributed by atoms with van der Waals surface area (Å²) in [6, 6.07) is 9.22. The van der Waals surface area contributed by atoms with Gasteiger partial charge in [0.1, 0.15) is 36.3 Å². The number of rotatable bonds is 19. The number of nitrogens with zero attached hydrogens (tertiary/aromatic N) is 2. The number of carboxylic acids is 1. The molecule has 0 radical (unpaired) electrons. The van der Waals surface area contributed by atoms with Gasteiger partial charge in [0.05, 0.1) is 12.9 Å². The monoisotopic (exact) mass is 785 g/mol. The second kappa shape index (κ2) is 19.7. The third kappa shape index (κ3) is 10.8. The molecule has 2 aromatic carbocycles. The number of H-pyrrole nitrogens is 2. The second-order valence-electron chi connectivity index (χ2n) is 14.4. The Hall–Kier alpha value is -6.07. The first-order valence-corrected chi connectivity index (χ1v) is 19.1. The molecule has 0 saturated carbocycles. The van der Waals surface area contributed by atoms with Gasteiger partial charge in [-0.15, -0.1) is 0 Å². The maximum atomic E-state index is 14.3. The lowest BCUT2D eigenvalue weighted by atomic mass is 9.96. The van der Waals surface area contributed by atoms with Crippen LogP contribution < -0.4 is 27.0 Å². The zero-order chi connectivity index (χ0) is 41.1. The Bertz CT molecular complexity index is 2000.